The Morgan fingerprint density at radius 2 is 1.65 bits per heavy atom. The van der Waals surface area contributed by atoms with Gasteiger partial charge in [0.2, 0.25) is 0 Å². The number of carbonyl (C=O) groups excluding carboxylic acids is 1. The minimum atomic E-state index is -0.607. The molecule has 0 amide bonds. The van der Waals surface area contributed by atoms with Crippen LogP contribution < -0.4 is 4.74 Å². The third kappa shape index (κ3) is 6.00. The zero-order valence-electron chi connectivity index (χ0n) is 20.8. The van der Waals surface area contributed by atoms with Gasteiger partial charge >= 0.3 is 5.97 Å². The first-order chi connectivity index (χ1) is 16.6. The molecule has 0 N–H and O–H groups in total. The van der Waals surface area contributed by atoms with Gasteiger partial charge in [0.1, 0.15) is 11.7 Å². The molecule has 1 heterocycles. The summed E-state index contributed by atoms with van der Waals surface area (Å²) in [6.07, 6.45) is 12.9. The first-order valence-electron chi connectivity index (χ1n) is 13.3. The topological polar surface area (TPSA) is 35.5 Å². The van der Waals surface area contributed by atoms with E-state index in [2.05, 4.69) is 31.2 Å². The van der Waals surface area contributed by atoms with Gasteiger partial charge in [0.15, 0.2) is 11.6 Å². The van der Waals surface area contributed by atoms with E-state index in [-0.39, 0.29) is 17.4 Å². The maximum Gasteiger partial charge on any atom is 0.342 e. The van der Waals surface area contributed by atoms with E-state index in [9.17, 15) is 9.18 Å². The van der Waals surface area contributed by atoms with Crippen molar-refractivity contribution >= 4 is 5.97 Å². The molecule has 1 atom stereocenters. The van der Waals surface area contributed by atoms with Crippen LogP contribution in [0, 0.1) is 17.7 Å². The summed E-state index contributed by atoms with van der Waals surface area (Å²) in [6.45, 7) is 4.66. The molecule has 0 aromatic heterocycles. The highest BCUT2D eigenvalue weighted by molar-refractivity contribution is 5.93. The van der Waals surface area contributed by atoms with E-state index in [1.165, 1.54) is 56.9 Å². The molecule has 1 unspecified atom stereocenters. The number of esters is 1. The van der Waals surface area contributed by atoms with Crippen molar-refractivity contribution in [2.75, 3.05) is 6.61 Å². The van der Waals surface area contributed by atoms with Gasteiger partial charge < -0.3 is 9.47 Å². The van der Waals surface area contributed by atoms with Crippen molar-refractivity contribution in [1.29, 1.82) is 0 Å². The van der Waals surface area contributed by atoms with E-state index in [1.807, 2.05) is 6.92 Å². The predicted molar refractivity (Wildman–Crippen MR) is 134 cm³/mol. The highest BCUT2D eigenvalue weighted by Crippen LogP contribution is 2.36. The van der Waals surface area contributed by atoms with Crippen molar-refractivity contribution < 1.29 is 18.7 Å². The number of rotatable bonds is 10. The van der Waals surface area contributed by atoms with E-state index < -0.39 is 11.8 Å². The fourth-order valence-corrected chi connectivity index (χ4v) is 5.50. The molecule has 1 fully saturated rings. The van der Waals surface area contributed by atoms with Crippen LogP contribution in [0.25, 0.3) is 0 Å². The number of fused-ring (bicyclic) bond motifs is 1. The van der Waals surface area contributed by atoms with E-state index in [0.717, 1.165) is 30.2 Å². The standard InChI is InChI=1S/C30H39FO3/c1-3-5-6-21-7-9-22(10-8-21)11-12-23-13-15-24(16-14-23)27-20-25-17-18-26(33-19-4-2)29(31)28(25)30(32)34-27/h13-18,21-22,27H,3-12,19-20H2,1-2H3. The maximum absolute atomic E-state index is 14.8. The number of aryl methyl sites for hydroxylation is 1. The summed E-state index contributed by atoms with van der Waals surface area (Å²) in [6, 6.07) is 11.9. The molecular weight excluding hydrogens is 427 g/mol. The monoisotopic (exact) mass is 466 g/mol. The third-order valence-electron chi connectivity index (χ3n) is 7.64. The lowest BCUT2D eigenvalue weighted by Gasteiger charge is -2.28. The number of hydrogen-bond donors (Lipinski definition) is 0. The Labute approximate surface area is 204 Å². The smallest absolute Gasteiger partial charge is 0.342 e. The summed E-state index contributed by atoms with van der Waals surface area (Å²) < 4.78 is 25.9. The zero-order valence-corrected chi connectivity index (χ0v) is 20.8. The number of carbonyl (C=O) groups is 1. The van der Waals surface area contributed by atoms with Crippen molar-refractivity contribution in [3.8, 4) is 5.75 Å². The van der Waals surface area contributed by atoms with Crippen LogP contribution >= 0.6 is 0 Å². The SMILES string of the molecule is CCCCC1CCC(CCc2ccc(C3Cc4ccc(OCCC)c(F)c4C(=O)O3)cc2)CC1. The fraction of sp³-hybridized carbons (Fsp3) is 0.567. The number of ether oxygens (including phenoxy) is 2. The molecule has 4 rings (SSSR count). The summed E-state index contributed by atoms with van der Waals surface area (Å²) in [4.78, 5) is 12.6. The van der Waals surface area contributed by atoms with Crippen LogP contribution in [0.4, 0.5) is 4.39 Å². The van der Waals surface area contributed by atoms with Crippen molar-refractivity contribution in [3.05, 3.63) is 64.5 Å². The Kier molecular flexibility index (Phi) is 8.64. The van der Waals surface area contributed by atoms with Crippen LogP contribution in [-0.2, 0) is 17.6 Å². The second-order valence-electron chi connectivity index (χ2n) is 10.2. The molecule has 2 aromatic rings. The quantitative estimate of drug-likeness (QED) is 0.333. The summed E-state index contributed by atoms with van der Waals surface area (Å²) in [5, 5.41) is 0. The summed E-state index contributed by atoms with van der Waals surface area (Å²) in [5.41, 5.74) is 3.00. The molecule has 0 spiro atoms. The molecule has 1 aliphatic carbocycles. The van der Waals surface area contributed by atoms with Gasteiger partial charge in [-0.05, 0) is 53.9 Å². The molecule has 0 saturated heterocycles. The van der Waals surface area contributed by atoms with Gasteiger partial charge in [-0.1, -0.05) is 89.1 Å². The van der Waals surface area contributed by atoms with E-state index in [1.54, 1.807) is 12.1 Å². The molecular formula is C30H39FO3. The predicted octanol–water partition coefficient (Wildman–Crippen LogP) is 8.00. The fourth-order valence-electron chi connectivity index (χ4n) is 5.50. The van der Waals surface area contributed by atoms with Gasteiger partial charge in [-0.3, -0.25) is 0 Å². The van der Waals surface area contributed by atoms with Crippen LogP contribution in [0.5, 0.6) is 5.75 Å². The van der Waals surface area contributed by atoms with Crippen molar-refractivity contribution in [3.63, 3.8) is 0 Å². The van der Waals surface area contributed by atoms with Crippen molar-refractivity contribution in [2.45, 2.75) is 90.6 Å². The first kappa shape index (κ1) is 24.8. The largest absolute Gasteiger partial charge is 0.491 e. The first-order valence-corrected chi connectivity index (χ1v) is 13.3. The Bertz CT molecular complexity index is 944. The molecule has 34 heavy (non-hydrogen) atoms. The van der Waals surface area contributed by atoms with Crippen LogP contribution in [0.2, 0.25) is 0 Å². The molecule has 2 aliphatic rings. The van der Waals surface area contributed by atoms with Gasteiger partial charge in [0.25, 0.3) is 0 Å². The minimum Gasteiger partial charge on any atom is -0.491 e. The van der Waals surface area contributed by atoms with E-state index >= 15 is 0 Å². The van der Waals surface area contributed by atoms with Crippen molar-refractivity contribution in [1.82, 2.24) is 0 Å². The Morgan fingerprint density at radius 3 is 2.32 bits per heavy atom. The lowest BCUT2D eigenvalue weighted by Crippen LogP contribution is -2.23. The summed E-state index contributed by atoms with van der Waals surface area (Å²) in [7, 11) is 0. The average molecular weight is 467 g/mol. The number of unbranched alkanes of at least 4 members (excludes halogenated alkanes) is 1. The Morgan fingerprint density at radius 1 is 0.941 bits per heavy atom. The molecule has 2 aromatic carbocycles. The third-order valence-corrected chi connectivity index (χ3v) is 7.64. The van der Waals surface area contributed by atoms with Gasteiger partial charge in [-0.25, -0.2) is 9.18 Å². The molecule has 4 heteroatoms. The van der Waals surface area contributed by atoms with E-state index in [0.29, 0.717) is 18.6 Å². The second-order valence-corrected chi connectivity index (χ2v) is 10.2. The van der Waals surface area contributed by atoms with Gasteiger partial charge in [0.05, 0.1) is 6.61 Å². The molecule has 0 radical (unpaired) electrons. The van der Waals surface area contributed by atoms with Gasteiger partial charge in [0, 0.05) is 6.42 Å². The van der Waals surface area contributed by atoms with Gasteiger partial charge in [-0.2, -0.15) is 0 Å². The van der Waals surface area contributed by atoms with E-state index in [4.69, 9.17) is 9.47 Å². The van der Waals surface area contributed by atoms with Gasteiger partial charge in [-0.15, -0.1) is 0 Å². The number of halogens is 1. The molecule has 1 aliphatic heterocycles. The Balaban J connectivity index is 1.31. The maximum atomic E-state index is 14.8. The zero-order chi connectivity index (χ0) is 23.9. The second kappa shape index (κ2) is 11.9. The lowest BCUT2D eigenvalue weighted by molar-refractivity contribution is 0.0244. The van der Waals surface area contributed by atoms with Crippen LogP contribution in [0.3, 0.4) is 0 Å². The molecule has 184 valence electrons. The highest BCUT2D eigenvalue weighted by Gasteiger charge is 2.32. The highest BCUT2D eigenvalue weighted by atomic mass is 19.1. The van der Waals surface area contributed by atoms with Crippen molar-refractivity contribution in [2.24, 2.45) is 11.8 Å². The average Bonchev–Trinajstić information content (AvgIpc) is 2.86. The normalized spacial score (nSPS) is 22.2. The van der Waals surface area contributed by atoms with Crippen LogP contribution in [-0.4, -0.2) is 12.6 Å². The van der Waals surface area contributed by atoms with Crippen LogP contribution in [0.15, 0.2) is 36.4 Å². The lowest BCUT2D eigenvalue weighted by atomic mass is 9.78. The van der Waals surface area contributed by atoms with Crippen LogP contribution in [0.1, 0.15) is 105 Å². The number of cyclic esters (lactones) is 1. The summed E-state index contributed by atoms with van der Waals surface area (Å²) in [5.74, 6) is 0.723. The molecule has 3 nitrogen and oxygen atoms in total. The minimum absolute atomic E-state index is 0.0193. The number of benzene rings is 2. The Hall–Kier alpha value is -2.36. The molecule has 0 bridgehead atoms. The number of hydrogen-bond acceptors (Lipinski definition) is 3. The molecule has 1 saturated carbocycles. The summed E-state index contributed by atoms with van der Waals surface area (Å²) >= 11 is 0.